The monoisotopic (exact) mass is 167 g/mol. The predicted octanol–water partition coefficient (Wildman–Crippen LogP) is 1.51. The van der Waals surface area contributed by atoms with Gasteiger partial charge in [0.2, 0.25) is 5.91 Å². The van der Waals surface area contributed by atoms with Crippen molar-refractivity contribution in [2.24, 2.45) is 17.3 Å². The number of hydrogen-bond donors (Lipinski definition) is 0. The molecule has 2 nitrogen and oxygen atoms in total. The van der Waals surface area contributed by atoms with Crippen LogP contribution in [0, 0.1) is 17.3 Å². The fraction of sp³-hybridized carbons (Fsp3) is 0.900. The van der Waals surface area contributed by atoms with E-state index in [1.54, 1.807) is 0 Å². The number of amides is 1. The minimum absolute atomic E-state index is 0.331. The smallest absolute Gasteiger partial charge is 0.222 e. The zero-order chi connectivity index (χ0) is 8.93. The Balaban J connectivity index is 1.94. The molecule has 1 aliphatic carbocycles. The zero-order valence-electron chi connectivity index (χ0n) is 8.13. The number of carbonyl (C=O) groups is 1. The van der Waals surface area contributed by atoms with Gasteiger partial charge in [-0.1, -0.05) is 20.8 Å². The number of nitrogens with zero attached hydrogens (tertiary/aromatic N) is 1. The first-order valence-corrected chi connectivity index (χ1v) is 4.85. The highest BCUT2D eigenvalue weighted by molar-refractivity contribution is 5.76. The van der Waals surface area contributed by atoms with Crippen LogP contribution in [0.4, 0.5) is 0 Å². The molecule has 0 radical (unpaired) electrons. The number of rotatable bonds is 1. The summed E-state index contributed by atoms with van der Waals surface area (Å²) in [5, 5.41) is 0. The molecule has 68 valence electrons. The third-order valence-corrected chi connectivity index (χ3v) is 3.78. The van der Waals surface area contributed by atoms with Gasteiger partial charge in [-0.15, -0.1) is 0 Å². The minimum Gasteiger partial charge on any atom is -0.342 e. The van der Waals surface area contributed by atoms with Gasteiger partial charge in [-0.2, -0.15) is 0 Å². The molecule has 1 unspecified atom stereocenters. The summed E-state index contributed by atoms with van der Waals surface area (Å²) in [7, 11) is 0. The minimum atomic E-state index is 0.331. The molecule has 0 aromatic rings. The number of hydrogen-bond acceptors (Lipinski definition) is 1. The van der Waals surface area contributed by atoms with Crippen molar-refractivity contribution in [3.05, 3.63) is 0 Å². The maximum Gasteiger partial charge on any atom is 0.222 e. The van der Waals surface area contributed by atoms with E-state index in [1.807, 2.05) is 11.8 Å². The molecule has 2 fully saturated rings. The van der Waals surface area contributed by atoms with E-state index in [1.165, 1.54) is 0 Å². The lowest BCUT2D eigenvalue weighted by Gasteiger charge is -2.21. The number of likely N-dealkylation sites (tertiary alicyclic amines) is 1. The maximum absolute atomic E-state index is 11.3. The Bertz CT molecular complexity index is 208. The van der Waals surface area contributed by atoms with Crippen LogP contribution in [-0.4, -0.2) is 23.9 Å². The summed E-state index contributed by atoms with van der Waals surface area (Å²) >= 11 is 0. The van der Waals surface area contributed by atoms with Gasteiger partial charge in [-0.3, -0.25) is 4.79 Å². The second kappa shape index (κ2) is 2.24. The summed E-state index contributed by atoms with van der Waals surface area (Å²) in [4.78, 5) is 13.3. The molecule has 1 saturated heterocycles. The molecule has 2 heteroatoms. The van der Waals surface area contributed by atoms with E-state index in [4.69, 9.17) is 0 Å². The molecule has 0 N–H and O–H groups in total. The molecular formula is C10H17NO. The number of carbonyl (C=O) groups excluding carboxylic acids is 1. The molecular weight excluding hydrogens is 150 g/mol. The summed E-state index contributed by atoms with van der Waals surface area (Å²) in [6.45, 7) is 8.61. The Morgan fingerprint density at radius 2 is 1.92 bits per heavy atom. The zero-order valence-corrected chi connectivity index (χ0v) is 8.13. The fourth-order valence-electron chi connectivity index (χ4n) is 2.56. The van der Waals surface area contributed by atoms with Gasteiger partial charge >= 0.3 is 0 Å². The van der Waals surface area contributed by atoms with E-state index in [0.29, 0.717) is 17.7 Å². The Morgan fingerprint density at radius 3 is 2.33 bits per heavy atom. The van der Waals surface area contributed by atoms with E-state index in [2.05, 4.69) is 13.8 Å². The van der Waals surface area contributed by atoms with Gasteiger partial charge in [0.15, 0.2) is 0 Å². The lowest BCUT2D eigenvalue weighted by Crippen LogP contribution is -2.32. The third kappa shape index (κ3) is 0.900. The van der Waals surface area contributed by atoms with Gasteiger partial charge in [0.1, 0.15) is 0 Å². The average Bonchev–Trinajstić information content (AvgIpc) is 2.52. The predicted molar refractivity (Wildman–Crippen MR) is 47.6 cm³/mol. The molecule has 1 heterocycles. The molecule has 0 aromatic carbocycles. The van der Waals surface area contributed by atoms with Gasteiger partial charge in [0, 0.05) is 19.5 Å². The van der Waals surface area contributed by atoms with E-state index in [0.717, 1.165) is 24.9 Å². The van der Waals surface area contributed by atoms with Crippen molar-refractivity contribution < 1.29 is 4.79 Å². The second-order valence-corrected chi connectivity index (χ2v) is 4.69. The van der Waals surface area contributed by atoms with Crippen LogP contribution in [0.3, 0.4) is 0 Å². The molecule has 0 bridgehead atoms. The number of piperidine rings is 1. The van der Waals surface area contributed by atoms with Crippen LogP contribution in [0.2, 0.25) is 0 Å². The molecule has 0 aromatic heterocycles. The van der Waals surface area contributed by atoms with Crippen molar-refractivity contribution in [2.75, 3.05) is 13.1 Å². The Labute approximate surface area is 73.9 Å². The fourth-order valence-corrected chi connectivity index (χ4v) is 2.56. The first-order valence-electron chi connectivity index (χ1n) is 4.85. The molecule has 2 atom stereocenters. The normalized spacial score (nSPS) is 36.4. The Morgan fingerprint density at radius 1 is 1.42 bits per heavy atom. The van der Waals surface area contributed by atoms with Crippen molar-refractivity contribution in [1.29, 1.82) is 0 Å². The summed E-state index contributed by atoms with van der Waals surface area (Å²) in [5.74, 6) is 1.93. The highest BCUT2D eigenvalue weighted by Crippen LogP contribution is 2.61. The topological polar surface area (TPSA) is 20.3 Å². The summed E-state index contributed by atoms with van der Waals surface area (Å²) < 4.78 is 0. The first-order chi connectivity index (χ1) is 5.57. The molecule has 0 spiro atoms. The molecule has 2 rings (SSSR count). The molecule has 12 heavy (non-hydrogen) atoms. The van der Waals surface area contributed by atoms with Gasteiger partial charge in [-0.05, 0) is 17.3 Å². The second-order valence-electron chi connectivity index (χ2n) is 4.69. The van der Waals surface area contributed by atoms with E-state index in [9.17, 15) is 4.79 Å². The average molecular weight is 167 g/mol. The van der Waals surface area contributed by atoms with Crippen molar-refractivity contribution >= 4 is 5.91 Å². The Hall–Kier alpha value is -0.530. The highest BCUT2D eigenvalue weighted by atomic mass is 16.2. The van der Waals surface area contributed by atoms with Gasteiger partial charge < -0.3 is 4.90 Å². The molecule has 2 aliphatic rings. The van der Waals surface area contributed by atoms with E-state index < -0.39 is 0 Å². The lowest BCUT2D eigenvalue weighted by atomic mass is 10.1. The molecule has 1 aliphatic heterocycles. The highest BCUT2D eigenvalue weighted by Gasteiger charge is 2.62. The standard InChI is InChI=1S/C10H17NO/c1-4-9(12)11-5-7-8(6-11)10(7,2)3/h7-8H,4-6H2,1-3H3/t7-,8?/m0/s1. The van der Waals surface area contributed by atoms with E-state index >= 15 is 0 Å². The van der Waals surface area contributed by atoms with Crippen molar-refractivity contribution in [1.82, 2.24) is 4.90 Å². The lowest BCUT2D eigenvalue weighted by molar-refractivity contribution is -0.130. The van der Waals surface area contributed by atoms with Crippen molar-refractivity contribution in [3.63, 3.8) is 0 Å². The van der Waals surface area contributed by atoms with Crippen LogP contribution in [0.25, 0.3) is 0 Å². The summed E-state index contributed by atoms with van der Waals surface area (Å²) in [6, 6.07) is 0. The summed E-state index contributed by atoms with van der Waals surface area (Å²) in [6.07, 6.45) is 0.667. The van der Waals surface area contributed by atoms with Crippen molar-refractivity contribution in [3.8, 4) is 0 Å². The summed E-state index contributed by atoms with van der Waals surface area (Å²) in [5.41, 5.74) is 0.532. The van der Waals surface area contributed by atoms with Gasteiger partial charge in [0.25, 0.3) is 0 Å². The Kier molecular flexibility index (Phi) is 1.51. The van der Waals surface area contributed by atoms with Crippen LogP contribution in [-0.2, 0) is 4.79 Å². The number of fused-ring (bicyclic) bond motifs is 1. The van der Waals surface area contributed by atoms with Crippen LogP contribution >= 0.6 is 0 Å². The van der Waals surface area contributed by atoms with Crippen LogP contribution in [0.5, 0.6) is 0 Å². The largest absolute Gasteiger partial charge is 0.342 e. The third-order valence-electron chi connectivity index (χ3n) is 3.78. The van der Waals surface area contributed by atoms with Crippen LogP contribution < -0.4 is 0 Å². The first kappa shape index (κ1) is 8.09. The van der Waals surface area contributed by atoms with Gasteiger partial charge in [0.05, 0.1) is 0 Å². The van der Waals surface area contributed by atoms with Crippen LogP contribution in [0.1, 0.15) is 27.2 Å². The van der Waals surface area contributed by atoms with Gasteiger partial charge in [-0.25, -0.2) is 0 Å². The molecule has 1 amide bonds. The quantitative estimate of drug-likeness (QED) is 0.579. The van der Waals surface area contributed by atoms with Crippen LogP contribution in [0.15, 0.2) is 0 Å². The SMILES string of the molecule is CCC(=O)N1CC2[C@H](C1)C2(C)C. The molecule has 1 saturated carbocycles. The van der Waals surface area contributed by atoms with E-state index in [-0.39, 0.29) is 0 Å². The maximum atomic E-state index is 11.3. The van der Waals surface area contributed by atoms with Crippen molar-refractivity contribution in [2.45, 2.75) is 27.2 Å².